The number of nitrogens with two attached hydrogens (primary N) is 1. The molecule has 0 saturated heterocycles. The van der Waals surface area contributed by atoms with Crippen molar-refractivity contribution in [1.29, 1.82) is 0 Å². The van der Waals surface area contributed by atoms with E-state index in [4.69, 9.17) is 19.5 Å². The van der Waals surface area contributed by atoms with Gasteiger partial charge in [0.2, 0.25) is 0 Å². The van der Waals surface area contributed by atoms with Crippen molar-refractivity contribution in [3.8, 4) is 11.5 Å². The number of hydrogen-bond acceptors (Lipinski definition) is 7. The fourth-order valence-electron chi connectivity index (χ4n) is 3.06. The second kappa shape index (κ2) is 13.1. The van der Waals surface area contributed by atoms with Crippen LogP contribution < -0.4 is 20.1 Å². The summed E-state index contributed by atoms with van der Waals surface area (Å²) in [6, 6.07) is 27.1. The van der Waals surface area contributed by atoms with E-state index in [0.29, 0.717) is 24.3 Å². The van der Waals surface area contributed by atoms with Gasteiger partial charge in [0.25, 0.3) is 0 Å². The van der Waals surface area contributed by atoms with Crippen LogP contribution in [-0.4, -0.2) is 23.7 Å². The molecule has 0 spiro atoms. The average molecular weight is 501 g/mol. The predicted molar refractivity (Wildman–Crippen MR) is 136 cm³/mol. The molecule has 0 aliphatic carbocycles. The maximum absolute atomic E-state index is 13.5. The summed E-state index contributed by atoms with van der Waals surface area (Å²) in [7, 11) is -3.51. The number of benzene rings is 3. The molecule has 1 amide bonds. The number of hydrogen-bond donors (Lipinski definition) is 3. The summed E-state index contributed by atoms with van der Waals surface area (Å²) < 4.78 is 30.3. The van der Waals surface area contributed by atoms with Crippen LogP contribution in [-0.2, 0) is 15.9 Å². The van der Waals surface area contributed by atoms with Gasteiger partial charge in [0, 0.05) is 5.25 Å². The number of carbonyl (C=O) groups excluding carboxylic acids is 1. The fraction of sp³-hybridized carbons (Fsp3) is 0.240. The lowest BCUT2D eigenvalue weighted by Gasteiger charge is -2.23. The topological polar surface area (TPSA) is 99.9 Å². The van der Waals surface area contributed by atoms with Gasteiger partial charge < -0.3 is 24.8 Å². The zero-order valence-electron chi connectivity index (χ0n) is 18.7. The minimum atomic E-state index is -3.51. The van der Waals surface area contributed by atoms with E-state index in [9.17, 15) is 9.36 Å². The molecule has 2 atom stereocenters. The van der Waals surface area contributed by atoms with Gasteiger partial charge in [-0.15, -0.1) is 0 Å². The second-order valence-electron chi connectivity index (χ2n) is 7.58. The first-order chi connectivity index (χ1) is 16.4. The second-order valence-corrected chi connectivity index (χ2v) is 10.3. The first-order valence-electron chi connectivity index (χ1n) is 10.9. The van der Waals surface area contributed by atoms with Crippen LogP contribution in [0.5, 0.6) is 11.5 Å². The molecule has 0 saturated carbocycles. The van der Waals surface area contributed by atoms with Gasteiger partial charge in [0.15, 0.2) is 0 Å². The molecule has 0 heterocycles. The Kier molecular flexibility index (Phi) is 9.89. The van der Waals surface area contributed by atoms with Gasteiger partial charge in [-0.2, -0.15) is 12.6 Å². The van der Waals surface area contributed by atoms with Gasteiger partial charge in [0.05, 0.1) is 12.3 Å². The molecule has 0 aliphatic heterocycles. The highest BCUT2D eigenvalue weighted by molar-refractivity contribution is 7.81. The van der Waals surface area contributed by atoms with Gasteiger partial charge in [-0.25, -0.2) is 9.36 Å². The first kappa shape index (κ1) is 25.7. The standard InChI is InChI=1S/C25H29N2O5PS/c26-24(27-25(28)30-19-20-11-4-1-5-12-20)23(34)17-10-18-33(29,31-21-13-6-2-7-14-21)32-22-15-8-3-9-16-22/h1-9,11-16,23-24,34H,10,17-19,26H2,(H,27,28). The van der Waals surface area contributed by atoms with E-state index in [0.717, 1.165) is 5.56 Å². The Hall–Kier alpha value is -2.93. The predicted octanol–water partition coefficient (Wildman–Crippen LogP) is 5.63. The maximum atomic E-state index is 13.5. The molecule has 2 unspecified atom stereocenters. The molecule has 0 aromatic heterocycles. The van der Waals surface area contributed by atoms with Crippen LogP contribution in [0, 0.1) is 0 Å². The molecular weight excluding hydrogens is 471 g/mol. The third kappa shape index (κ3) is 8.78. The molecule has 0 fully saturated rings. The zero-order chi connectivity index (χ0) is 24.2. The lowest BCUT2D eigenvalue weighted by molar-refractivity contribution is 0.135. The van der Waals surface area contributed by atoms with Crippen LogP contribution in [0.2, 0.25) is 0 Å². The number of carbonyl (C=O) groups is 1. The number of ether oxygens (including phenoxy) is 1. The Bertz CT molecular complexity index is 1010. The quantitative estimate of drug-likeness (QED) is 0.169. The molecule has 180 valence electrons. The SMILES string of the molecule is NC(NC(=O)OCc1ccccc1)C(S)CCCP(=O)(Oc1ccccc1)Oc1ccccc1. The third-order valence-corrected chi connectivity index (χ3v) is 7.24. The van der Waals surface area contributed by atoms with Crippen molar-refractivity contribution in [2.75, 3.05) is 6.16 Å². The summed E-state index contributed by atoms with van der Waals surface area (Å²) in [5, 5.41) is 2.20. The van der Waals surface area contributed by atoms with Crippen LogP contribution in [0.4, 0.5) is 4.79 Å². The van der Waals surface area contributed by atoms with Crippen LogP contribution in [0.3, 0.4) is 0 Å². The molecule has 3 aromatic carbocycles. The first-order valence-corrected chi connectivity index (χ1v) is 13.2. The van der Waals surface area contributed by atoms with E-state index in [1.807, 2.05) is 42.5 Å². The molecule has 9 heteroatoms. The summed E-state index contributed by atoms with van der Waals surface area (Å²) in [5.74, 6) is 0.924. The van der Waals surface area contributed by atoms with Gasteiger partial charge >= 0.3 is 13.7 Å². The molecule has 0 radical (unpaired) electrons. The maximum Gasteiger partial charge on any atom is 0.430 e. The number of nitrogens with one attached hydrogen (secondary N) is 1. The average Bonchev–Trinajstić information content (AvgIpc) is 2.84. The molecule has 0 bridgehead atoms. The molecule has 0 aliphatic rings. The van der Waals surface area contributed by atoms with Crippen LogP contribution >= 0.6 is 20.2 Å². The van der Waals surface area contributed by atoms with Crippen LogP contribution in [0.1, 0.15) is 18.4 Å². The highest BCUT2D eigenvalue weighted by atomic mass is 32.1. The van der Waals surface area contributed by atoms with Crippen LogP contribution in [0.25, 0.3) is 0 Å². The number of rotatable bonds is 12. The lowest BCUT2D eigenvalue weighted by Crippen LogP contribution is -2.47. The Morgan fingerprint density at radius 3 is 1.91 bits per heavy atom. The minimum Gasteiger partial charge on any atom is -0.445 e. The van der Waals surface area contributed by atoms with Crippen molar-refractivity contribution in [1.82, 2.24) is 5.32 Å². The number of alkyl carbamates (subject to hydrolysis) is 1. The Labute approximate surface area is 205 Å². The molecule has 34 heavy (non-hydrogen) atoms. The summed E-state index contributed by atoms with van der Waals surface area (Å²) in [6.07, 6.45) is -0.278. The van der Waals surface area contributed by atoms with Crippen molar-refractivity contribution in [3.05, 3.63) is 96.6 Å². The lowest BCUT2D eigenvalue weighted by atomic mass is 10.2. The fourth-order valence-corrected chi connectivity index (χ4v) is 5.00. The summed E-state index contributed by atoms with van der Waals surface area (Å²) in [5.41, 5.74) is 6.94. The van der Waals surface area contributed by atoms with Crippen molar-refractivity contribution in [2.24, 2.45) is 5.73 Å². The van der Waals surface area contributed by atoms with Gasteiger partial charge in [-0.1, -0.05) is 66.7 Å². The number of para-hydroxylation sites is 2. The smallest absolute Gasteiger partial charge is 0.430 e. The van der Waals surface area contributed by atoms with Crippen LogP contribution in [0.15, 0.2) is 91.0 Å². The van der Waals surface area contributed by atoms with Gasteiger partial charge in [-0.05, 0) is 42.7 Å². The minimum absolute atomic E-state index is 0.146. The van der Waals surface area contributed by atoms with E-state index in [2.05, 4.69) is 17.9 Å². The van der Waals surface area contributed by atoms with Crippen molar-refractivity contribution in [3.63, 3.8) is 0 Å². The third-order valence-electron chi connectivity index (χ3n) is 4.82. The molecule has 3 aromatic rings. The molecule has 3 N–H and O–H groups in total. The molecule has 7 nitrogen and oxygen atoms in total. The Morgan fingerprint density at radius 1 is 0.882 bits per heavy atom. The highest BCUT2D eigenvalue weighted by Crippen LogP contribution is 2.49. The molecular formula is C25H29N2O5PS. The van der Waals surface area contributed by atoms with Gasteiger partial charge in [0.1, 0.15) is 18.1 Å². The normalized spacial score (nSPS) is 12.9. The van der Waals surface area contributed by atoms with Crippen molar-refractivity contribution >= 4 is 26.3 Å². The summed E-state index contributed by atoms with van der Waals surface area (Å²) in [4.78, 5) is 12.0. The van der Waals surface area contributed by atoms with E-state index in [1.165, 1.54) is 0 Å². The Morgan fingerprint density at radius 2 is 1.38 bits per heavy atom. The largest absolute Gasteiger partial charge is 0.445 e. The molecule has 3 rings (SSSR count). The van der Waals surface area contributed by atoms with Gasteiger partial charge in [-0.3, -0.25) is 0 Å². The van der Waals surface area contributed by atoms with E-state index in [-0.39, 0.29) is 18.0 Å². The van der Waals surface area contributed by atoms with Crippen molar-refractivity contribution in [2.45, 2.75) is 30.9 Å². The van der Waals surface area contributed by atoms with Crippen molar-refractivity contribution < 1.29 is 23.1 Å². The zero-order valence-corrected chi connectivity index (χ0v) is 20.4. The Balaban J connectivity index is 1.50. The van der Waals surface area contributed by atoms with E-state index >= 15 is 0 Å². The summed E-state index contributed by atoms with van der Waals surface area (Å²) in [6.45, 7) is 0.146. The van der Waals surface area contributed by atoms with E-state index < -0.39 is 19.9 Å². The number of amides is 1. The number of thiol groups is 1. The van der Waals surface area contributed by atoms with E-state index in [1.54, 1.807) is 48.5 Å². The highest BCUT2D eigenvalue weighted by Gasteiger charge is 2.29. The summed E-state index contributed by atoms with van der Waals surface area (Å²) >= 11 is 4.50. The monoisotopic (exact) mass is 500 g/mol.